The van der Waals surface area contributed by atoms with Crippen LogP contribution in [0.5, 0.6) is 0 Å². The van der Waals surface area contributed by atoms with Crippen LogP contribution in [0.3, 0.4) is 0 Å². The fraction of sp³-hybridized carbons (Fsp3) is 0.667. The zero-order chi connectivity index (χ0) is 45.6. The number of rotatable bonds is 21. The number of aromatic nitrogens is 8. The van der Waals surface area contributed by atoms with Gasteiger partial charge in [-0.05, 0) is 38.6 Å². The third-order valence-electron chi connectivity index (χ3n) is 10.4. The standard InChI is InChI=1S/C23H34N6O7.C16H26N6O5/c1-5-16-18(34-14(3)31)19(35-15(4)32)22(36-16)29-12-26-17-20(29)27-23(28-21(17)33)25-11-9-7-6-8-10-24-13(2)30;17-5-3-1-2-4-6-18-16-20-13-10(14(26)21-16)19-8-22(13)15-12(25)11(24)9(7-23)27-15/h12,16,18-19,22H,5-11H2,1-4H3,(H,24,30)(H2,25,27,28,33);8-9,11-12,15,23-25H,1-7,17H2,(H2,18,20,21,26)/t16-,18?,19+,22-;9-,11?,12+,15-/m11/s1. The summed E-state index contributed by atoms with van der Waals surface area (Å²) in [6.45, 7) is 8.04. The highest BCUT2D eigenvalue weighted by atomic mass is 16.6. The molecule has 6 heterocycles. The number of fused-ring (bicyclic) bond motifs is 2. The Morgan fingerprint density at radius 1 is 0.730 bits per heavy atom. The molecule has 2 fully saturated rings. The highest BCUT2D eigenvalue weighted by Crippen LogP contribution is 2.37. The Labute approximate surface area is 361 Å². The minimum Gasteiger partial charge on any atom is -0.456 e. The summed E-state index contributed by atoms with van der Waals surface area (Å²) in [6, 6.07) is 0. The molecule has 24 heteroatoms. The summed E-state index contributed by atoms with van der Waals surface area (Å²) in [5, 5.41) is 38.3. The number of unbranched alkanes of at least 4 members (excludes halogenated alkanes) is 6. The number of anilines is 2. The van der Waals surface area contributed by atoms with Crippen molar-refractivity contribution in [3.05, 3.63) is 33.4 Å². The van der Waals surface area contributed by atoms with Crippen LogP contribution < -0.4 is 32.8 Å². The number of nitrogens with two attached hydrogens (primary N) is 1. The maximum atomic E-state index is 12.6. The quantitative estimate of drug-likeness (QED) is 0.0394. The average Bonchev–Trinajstić information content (AvgIpc) is 4.01. The number of imidazole rings is 2. The smallest absolute Gasteiger partial charge is 0.303 e. The molecule has 0 bridgehead atoms. The first-order valence-corrected chi connectivity index (χ1v) is 21.3. The van der Waals surface area contributed by atoms with E-state index >= 15 is 0 Å². The second kappa shape index (κ2) is 23.2. The van der Waals surface area contributed by atoms with Crippen molar-refractivity contribution in [3.63, 3.8) is 0 Å². The normalized spacial score (nSPS) is 23.0. The van der Waals surface area contributed by atoms with Crippen molar-refractivity contribution in [2.45, 2.75) is 135 Å². The minimum atomic E-state index is -1.28. The first kappa shape index (κ1) is 48.5. The lowest BCUT2D eigenvalue weighted by Crippen LogP contribution is -2.38. The summed E-state index contributed by atoms with van der Waals surface area (Å²) in [6.07, 6.45) is 3.27. The molecule has 8 atom stereocenters. The highest BCUT2D eigenvalue weighted by molar-refractivity contribution is 5.73. The number of esters is 2. The van der Waals surface area contributed by atoms with E-state index in [0.717, 1.165) is 51.4 Å². The molecule has 4 aromatic rings. The van der Waals surface area contributed by atoms with Crippen molar-refractivity contribution < 1.29 is 48.7 Å². The summed E-state index contributed by atoms with van der Waals surface area (Å²) in [5.41, 5.74) is 5.29. The van der Waals surface area contributed by atoms with Crippen molar-refractivity contribution in [2.75, 3.05) is 43.4 Å². The van der Waals surface area contributed by atoms with Crippen LogP contribution in [0.4, 0.5) is 11.9 Å². The van der Waals surface area contributed by atoms with Gasteiger partial charge in [0, 0.05) is 40.4 Å². The maximum absolute atomic E-state index is 12.6. The molecular weight excluding hydrogens is 829 g/mol. The van der Waals surface area contributed by atoms with Crippen LogP contribution in [0, 0.1) is 0 Å². The van der Waals surface area contributed by atoms with Gasteiger partial charge in [-0.3, -0.25) is 43.1 Å². The third kappa shape index (κ3) is 12.6. The third-order valence-corrected chi connectivity index (χ3v) is 10.4. The van der Waals surface area contributed by atoms with E-state index in [2.05, 4.69) is 45.9 Å². The molecule has 10 N–H and O–H groups in total. The summed E-state index contributed by atoms with van der Waals surface area (Å²) < 4.78 is 25.4. The summed E-state index contributed by atoms with van der Waals surface area (Å²) >= 11 is 0. The Hall–Kier alpha value is -5.53. The Kier molecular flexibility index (Phi) is 17.9. The number of hydrogen-bond donors (Lipinski definition) is 9. The first-order valence-electron chi connectivity index (χ1n) is 21.3. The van der Waals surface area contributed by atoms with Gasteiger partial charge in [-0.25, -0.2) is 9.97 Å². The molecule has 2 saturated heterocycles. The molecule has 2 aliphatic rings. The number of ether oxygens (including phenoxy) is 4. The van der Waals surface area contributed by atoms with Crippen molar-refractivity contribution in [1.29, 1.82) is 0 Å². The summed E-state index contributed by atoms with van der Waals surface area (Å²) in [4.78, 5) is 81.7. The van der Waals surface area contributed by atoms with Crippen molar-refractivity contribution >= 4 is 52.1 Å². The second-order valence-electron chi connectivity index (χ2n) is 15.3. The van der Waals surface area contributed by atoms with Crippen LogP contribution in [0.1, 0.15) is 97.9 Å². The molecule has 0 radical (unpaired) electrons. The van der Waals surface area contributed by atoms with Gasteiger partial charge in [0.25, 0.3) is 11.1 Å². The SMILES string of the molecule is CC[C@H]1O[C@@H](n2cnc3c(=O)[nH]c(NCCCCCCNC(C)=O)nc32)[C@@H](OC(C)=O)C1OC(C)=O.NCCCCCCNc1nc2c(ncn2[C@@H]2O[C@H](CO)C(O)[C@@H]2O)c(=O)[nH]1. The van der Waals surface area contributed by atoms with Gasteiger partial charge in [0.15, 0.2) is 47.0 Å². The van der Waals surface area contributed by atoms with Gasteiger partial charge in [0.05, 0.1) is 19.3 Å². The Morgan fingerprint density at radius 3 is 1.70 bits per heavy atom. The molecule has 63 heavy (non-hydrogen) atoms. The maximum Gasteiger partial charge on any atom is 0.303 e. The molecule has 4 aromatic heterocycles. The van der Waals surface area contributed by atoms with Crippen LogP contribution >= 0.6 is 0 Å². The van der Waals surface area contributed by atoms with Crippen molar-refractivity contribution in [1.82, 2.24) is 44.4 Å². The molecule has 1 amide bonds. The number of aromatic amines is 2. The van der Waals surface area contributed by atoms with E-state index in [1.54, 1.807) is 0 Å². The fourth-order valence-corrected chi connectivity index (χ4v) is 7.32. The number of aliphatic hydroxyl groups is 3. The number of hydrogen-bond acceptors (Lipinski definition) is 19. The van der Waals surface area contributed by atoms with Gasteiger partial charge >= 0.3 is 11.9 Å². The molecule has 0 saturated carbocycles. The van der Waals surface area contributed by atoms with Gasteiger partial charge in [-0.15, -0.1) is 0 Å². The lowest BCUT2D eigenvalue weighted by molar-refractivity contribution is -0.165. The van der Waals surface area contributed by atoms with E-state index in [1.807, 2.05) is 6.92 Å². The van der Waals surface area contributed by atoms with Crippen LogP contribution in [-0.4, -0.2) is 142 Å². The summed E-state index contributed by atoms with van der Waals surface area (Å²) in [5.74, 6) is -0.544. The van der Waals surface area contributed by atoms with E-state index in [-0.39, 0.29) is 34.2 Å². The van der Waals surface area contributed by atoms with Gasteiger partial charge in [-0.2, -0.15) is 9.97 Å². The van der Waals surface area contributed by atoms with Crippen molar-refractivity contribution in [2.24, 2.45) is 5.73 Å². The number of carbonyl (C=O) groups is 3. The van der Waals surface area contributed by atoms with Crippen LogP contribution in [0.25, 0.3) is 22.3 Å². The molecule has 0 aliphatic carbocycles. The average molecular weight is 889 g/mol. The highest BCUT2D eigenvalue weighted by Gasteiger charge is 2.50. The van der Waals surface area contributed by atoms with Crippen LogP contribution in [0.15, 0.2) is 22.2 Å². The van der Waals surface area contributed by atoms with E-state index in [1.165, 1.54) is 42.6 Å². The molecule has 2 aliphatic heterocycles. The Bertz CT molecular complexity index is 2240. The zero-order valence-corrected chi connectivity index (χ0v) is 35.9. The zero-order valence-electron chi connectivity index (χ0n) is 35.9. The summed E-state index contributed by atoms with van der Waals surface area (Å²) in [7, 11) is 0. The van der Waals surface area contributed by atoms with Crippen molar-refractivity contribution in [3.8, 4) is 0 Å². The van der Waals surface area contributed by atoms with Gasteiger partial charge in [0.1, 0.15) is 24.4 Å². The lowest BCUT2D eigenvalue weighted by atomic mass is 10.1. The number of H-pyrrole nitrogens is 2. The molecule has 24 nitrogen and oxygen atoms in total. The molecule has 0 spiro atoms. The Balaban J connectivity index is 0.000000247. The predicted molar refractivity (Wildman–Crippen MR) is 226 cm³/mol. The second-order valence-corrected chi connectivity index (χ2v) is 15.3. The fourth-order valence-electron chi connectivity index (χ4n) is 7.32. The monoisotopic (exact) mass is 888 g/mol. The number of amides is 1. The van der Waals surface area contributed by atoms with E-state index < -0.39 is 78.7 Å². The minimum absolute atomic E-state index is 0.0318. The molecule has 0 aromatic carbocycles. The number of aliphatic hydroxyl groups excluding tert-OH is 3. The largest absolute Gasteiger partial charge is 0.456 e. The van der Waals surface area contributed by atoms with Gasteiger partial charge < -0.3 is 56.0 Å². The topological polar surface area (TPSA) is 338 Å². The molecule has 2 unspecified atom stereocenters. The first-order chi connectivity index (χ1) is 30.3. The number of carbonyl (C=O) groups excluding carboxylic acids is 3. The van der Waals surface area contributed by atoms with E-state index in [0.29, 0.717) is 38.5 Å². The number of nitrogens with one attached hydrogen (secondary N) is 5. The molecule has 6 rings (SSSR count). The predicted octanol–water partition coefficient (Wildman–Crippen LogP) is 0.0609. The number of nitrogens with zero attached hydrogens (tertiary/aromatic N) is 6. The van der Waals surface area contributed by atoms with E-state index in [4.69, 9.17) is 24.7 Å². The molecule has 348 valence electrons. The lowest BCUT2D eigenvalue weighted by Gasteiger charge is -2.23. The van der Waals surface area contributed by atoms with Crippen LogP contribution in [0.2, 0.25) is 0 Å². The van der Waals surface area contributed by atoms with Crippen LogP contribution in [-0.2, 0) is 33.3 Å². The van der Waals surface area contributed by atoms with Gasteiger partial charge in [-0.1, -0.05) is 32.6 Å². The van der Waals surface area contributed by atoms with E-state index in [9.17, 15) is 39.3 Å². The molecular formula is C39H60N12O12. The Morgan fingerprint density at radius 2 is 1.22 bits per heavy atom. The van der Waals surface area contributed by atoms with Gasteiger partial charge in [0.2, 0.25) is 17.8 Å².